The van der Waals surface area contributed by atoms with Gasteiger partial charge in [-0.2, -0.15) is 0 Å². The molecule has 2 aliphatic rings. The van der Waals surface area contributed by atoms with E-state index < -0.39 is 41.3 Å². The van der Waals surface area contributed by atoms with Gasteiger partial charge in [-0.1, -0.05) is 144 Å². The molecule has 2 N–H and O–H groups in total. The Morgan fingerprint density at radius 2 is 1.25 bits per heavy atom. The van der Waals surface area contributed by atoms with Gasteiger partial charge in [0.25, 0.3) is 28.8 Å². The van der Waals surface area contributed by atoms with Gasteiger partial charge in [-0.3, -0.25) is 19.5 Å². The number of benzene rings is 6. The first-order valence-corrected chi connectivity index (χ1v) is 33.1. The highest BCUT2D eigenvalue weighted by molar-refractivity contribution is 8.01. The molecular formula is C71H59N11O12S3. The number of fused-ring (bicyclic) bond motifs is 1. The van der Waals surface area contributed by atoms with Crippen LogP contribution in [0.25, 0.3) is 23.0 Å². The summed E-state index contributed by atoms with van der Waals surface area (Å²) < 4.78 is 46.6. The Balaban J connectivity index is 0.783. The Labute approximate surface area is 568 Å². The highest BCUT2D eigenvalue weighted by Gasteiger charge is 2.55. The molecule has 23 nitrogen and oxygen atoms in total. The summed E-state index contributed by atoms with van der Waals surface area (Å²) in [5, 5.41) is 29.6. The Bertz CT molecular complexity index is 4490. The van der Waals surface area contributed by atoms with Crippen molar-refractivity contribution < 1.29 is 56.5 Å². The van der Waals surface area contributed by atoms with Crippen molar-refractivity contribution in [1.29, 1.82) is 0 Å². The molecule has 26 heteroatoms. The largest absolute Gasteiger partial charge is 0.497 e. The normalized spacial score (nSPS) is 14.4. The lowest BCUT2D eigenvalue weighted by atomic mass is 9.77. The van der Waals surface area contributed by atoms with Crippen LogP contribution in [0.3, 0.4) is 0 Å². The van der Waals surface area contributed by atoms with E-state index in [4.69, 9.17) is 47.1 Å². The second-order valence-electron chi connectivity index (χ2n) is 21.7. The van der Waals surface area contributed by atoms with Gasteiger partial charge in [-0.05, 0) is 87.5 Å². The van der Waals surface area contributed by atoms with Gasteiger partial charge in [-0.25, -0.2) is 14.8 Å². The van der Waals surface area contributed by atoms with Gasteiger partial charge in [0.15, 0.2) is 28.9 Å². The van der Waals surface area contributed by atoms with Crippen LogP contribution in [0.1, 0.15) is 45.0 Å². The minimum Gasteiger partial charge on any atom is -0.497 e. The van der Waals surface area contributed by atoms with E-state index in [-0.39, 0.29) is 71.1 Å². The van der Waals surface area contributed by atoms with Gasteiger partial charge < -0.3 is 52.7 Å². The zero-order valence-corrected chi connectivity index (χ0v) is 54.6. The smallest absolute Gasteiger partial charge is 0.355 e. The number of anilines is 1. The van der Waals surface area contributed by atoms with Gasteiger partial charge in [0.1, 0.15) is 71.1 Å². The van der Waals surface area contributed by atoms with Crippen molar-refractivity contribution in [2.45, 2.75) is 48.6 Å². The fourth-order valence-corrected chi connectivity index (χ4v) is 13.6. The number of hydrogen-bond donors (Lipinski definition) is 2. The van der Waals surface area contributed by atoms with E-state index in [9.17, 15) is 9.59 Å². The number of β-lactam (4-membered cyclic amide) rings is 1. The molecule has 488 valence electrons. The van der Waals surface area contributed by atoms with Gasteiger partial charge in [0, 0.05) is 40.9 Å². The monoisotopic (exact) mass is 1350 g/mol. The molecule has 6 aromatic carbocycles. The number of nitrogens with one attached hydrogen (secondary N) is 2. The first-order chi connectivity index (χ1) is 47.6. The fraction of sp³-hybridized carbons (Fsp3) is 0.169. The number of nitrogens with zero attached hydrogens (tertiary/aromatic N) is 9. The van der Waals surface area contributed by atoms with Crippen LogP contribution in [0.2, 0.25) is 0 Å². The predicted octanol–water partition coefficient (Wildman–Crippen LogP) is 11.7. The molecule has 0 bridgehead atoms. The summed E-state index contributed by atoms with van der Waals surface area (Å²) in [6, 6.07) is 56.0. The van der Waals surface area contributed by atoms with Crippen molar-refractivity contribution in [3.05, 3.63) is 262 Å². The van der Waals surface area contributed by atoms with E-state index in [1.54, 1.807) is 81.6 Å². The lowest BCUT2D eigenvalue weighted by Gasteiger charge is -2.49. The molecule has 0 radical (unpaired) electrons. The quantitative estimate of drug-likeness (QED) is 0.0115. The van der Waals surface area contributed by atoms with Crippen molar-refractivity contribution in [2.24, 2.45) is 5.16 Å². The maximum atomic E-state index is 15.1. The fourth-order valence-electron chi connectivity index (χ4n) is 10.6. The molecule has 97 heavy (non-hydrogen) atoms. The first-order valence-electron chi connectivity index (χ1n) is 30.2. The van der Waals surface area contributed by atoms with Crippen molar-refractivity contribution in [3.8, 4) is 51.8 Å². The molecule has 0 saturated carbocycles. The van der Waals surface area contributed by atoms with Gasteiger partial charge in [-0.15, -0.1) is 43.5 Å². The molecule has 1 saturated heterocycles. The maximum Gasteiger partial charge on any atom is 0.355 e. The lowest BCUT2D eigenvalue weighted by Crippen LogP contribution is -2.71. The van der Waals surface area contributed by atoms with E-state index in [0.717, 1.165) is 27.8 Å². The summed E-state index contributed by atoms with van der Waals surface area (Å²) in [4.78, 5) is 65.2. The number of carbonyl (C=O) groups is 3. The topological polar surface area (TPSA) is 272 Å². The van der Waals surface area contributed by atoms with Crippen LogP contribution in [0.15, 0.2) is 236 Å². The summed E-state index contributed by atoms with van der Waals surface area (Å²) >= 11 is 3.80. The van der Waals surface area contributed by atoms with Crippen LogP contribution >= 0.6 is 34.9 Å². The van der Waals surface area contributed by atoms with Crippen LogP contribution < -0.4 is 34.3 Å². The number of oxime groups is 1. The molecule has 13 rings (SSSR count). The SMILES string of the molecule is COc1ccc(COC(=O)C2=C(CSc3nnc(-c4ccncc4)o3)CS[C@@H]3[C@H](NC(=O)/C(=N\OCc4nnc(-c5cc(OCc6ccc(OC)cc6)c(OCc6ccc(OC)cc6)cn5)o4)c4csc(NC(c5ccccc5)(c5ccccc5)c5ccccc5)n4)C(=O)N23)cc1. The van der Waals surface area contributed by atoms with E-state index in [2.05, 4.69) is 46.2 Å². The number of amides is 2. The zero-order chi connectivity index (χ0) is 66.5. The lowest BCUT2D eigenvalue weighted by molar-refractivity contribution is -0.153. The number of pyridine rings is 2. The van der Waals surface area contributed by atoms with Crippen LogP contribution in [-0.2, 0) is 55.9 Å². The van der Waals surface area contributed by atoms with Crippen LogP contribution in [0.4, 0.5) is 5.13 Å². The third kappa shape index (κ3) is 14.7. The number of hydrogen-bond acceptors (Lipinski definition) is 24. The number of thioether (sulfide) groups is 2. The molecule has 11 aromatic rings. The van der Waals surface area contributed by atoms with Crippen LogP contribution in [-0.4, -0.2) is 108 Å². The summed E-state index contributed by atoms with van der Waals surface area (Å²) in [6.07, 6.45) is 4.75. The molecule has 7 heterocycles. The molecule has 0 spiro atoms. The molecule has 5 aromatic heterocycles. The number of ether oxygens (including phenoxy) is 6. The van der Waals surface area contributed by atoms with Crippen molar-refractivity contribution in [3.63, 3.8) is 0 Å². The number of aromatic nitrogens is 7. The minimum atomic E-state index is -1.14. The van der Waals surface area contributed by atoms with Gasteiger partial charge >= 0.3 is 5.97 Å². The third-order valence-corrected chi connectivity index (χ3v) is 18.6. The Hall–Kier alpha value is -11.4. The van der Waals surface area contributed by atoms with Crippen molar-refractivity contribution >= 4 is 63.5 Å². The number of thiazole rings is 1. The van der Waals surface area contributed by atoms with Crippen molar-refractivity contribution in [1.82, 2.24) is 45.6 Å². The second-order valence-corrected chi connectivity index (χ2v) is 24.5. The number of rotatable bonds is 28. The molecular weight excluding hydrogens is 1300 g/mol. The molecule has 2 aliphatic heterocycles. The molecule has 1 fully saturated rings. The molecule has 0 aliphatic carbocycles. The van der Waals surface area contributed by atoms with Gasteiger partial charge in [0.05, 0.1) is 27.5 Å². The number of carbonyl (C=O) groups excluding carboxylic acids is 3. The summed E-state index contributed by atoms with van der Waals surface area (Å²) in [5.41, 5.74) is 5.61. The molecule has 2 amide bonds. The number of esters is 1. The summed E-state index contributed by atoms with van der Waals surface area (Å²) in [6.45, 7) is -0.132. The Kier molecular flexibility index (Phi) is 19.9. The maximum absolute atomic E-state index is 15.1. The average Bonchev–Trinajstić information content (AvgIpc) is 1.08. The summed E-state index contributed by atoms with van der Waals surface area (Å²) in [5.74, 6) is 1.39. The van der Waals surface area contributed by atoms with E-state index in [1.165, 1.54) is 46.0 Å². The summed E-state index contributed by atoms with van der Waals surface area (Å²) in [7, 11) is 4.77. The molecule has 2 atom stereocenters. The Morgan fingerprint density at radius 1 is 0.670 bits per heavy atom. The third-order valence-electron chi connectivity index (χ3n) is 15.6. The zero-order valence-electron chi connectivity index (χ0n) is 52.2. The predicted molar refractivity (Wildman–Crippen MR) is 362 cm³/mol. The standard InChI is InChI=1S/C71H59N11O12S3/c1-86-52-25-19-44(20-26-52)37-89-57-35-55(73-36-58(57)90-38-45-21-27-53(87-2)28-22-45)65-79-77-59(93-65)40-92-81-60(56-43-96-69(74-56)76-71(49-13-7-4-8-14-49,50-15-9-5-10-16-50)51-17-11-6-12-18-51)63(83)75-61-66(84)82-62(68(85)91-39-46-23-29-54(88-3)30-24-46)48(41-95-67(61)82)42-97-70-80-78-64(94-70)47-31-33-72-34-32-47/h4-36,43,61,67H,37-42H2,1-3H3,(H,74,76)(H,75,83)/b81-60-/t61-,67-/m1/s1. The first kappa shape index (κ1) is 64.4. The van der Waals surface area contributed by atoms with Crippen LogP contribution in [0.5, 0.6) is 28.7 Å². The Morgan fingerprint density at radius 3 is 1.85 bits per heavy atom. The van der Waals surface area contributed by atoms with E-state index in [1.807, 2.05) is 140 Å². The van der Waals surface area contributed by atoms with Crippen molar-refractivity contribution in [2.75, 3.05) is 38.2 Å². The van der Waals surface area contributed by atoms with Crippen LogP contribution in [0, 0.1) is 0 Å². The van der Waals surface area contributed by atoms with E-state index in [0.29, 0.717) is 56.5 Å². The minimum absolute atomic E-state index is 0.0214. The second kappa shape index (κ2) is 29.9. The highest BCUT2D eigenvalue weighted by Crippen LogP contribution is 2.44. The van der Waals surface area contributed by atoms with Gasteiger partial charge in [0.2, 0.25) is 5.89 Å². The highest BCUT2D eigenvalue weighted by atomic mass is 32.2. The average molecular weight is 1350 g/mol. The molecule has 0 unspecified atom stereocenters. The number of methoxy groups -OCH3 is 3. The van der Waals surface area contributed by atoms with E-state index >= 15 is 4.79 Å².